The first kappa shape index (κ1) is 39.4. The Hall–Kier alpha value is 0.990. The molecule has 2 N–H and O–H groups in total. The number of allylic oxidation sites excluding steroid dienone is 2. The predicted molar refractivity (Wildman–Crippen MR) is 142 cm³/mol. The molecule has 0 aromatic heterocycles. The van der Waals surface area contributed by atoms with E-state index in [2.05, 4.69) is 24.1 Å². The normalized spacial score (nSPS) is 45.5. The summed E-state index contributed by atoms with van der Waals surface area (Å²) in [6.07, 6.45) is -3.17. The number of rotatable bonds is 7. The van der Waals surface area contributed by atoms with Crippen molar-refractivity contribution in [1.29, 1.82) is 0 Å². The number of ketones is 1. The fraction of sp³-hybridized carbons (Fsp3) is 0.889. The van der Waals surface area contributed by atoms with Crippen molar-refractivity contribution in [3.8, 4) is 0 Å². The van der Waals surface area contributed by atoms with Gasteiger partial charge in [-0.15, -0.1) is 0 Å². The van der Waals surface area contributed by atoms with Gasteiger partial charge in [0.25, 0.3) is 0 Å². The van der Waals surface area contributed by atoms with Gasteiger partial charge in [0.05, 0.1) is 18.3 Å². The van der Waals surface area contributed by atoms with Gasteiger partial charge in [0.1, 0.15) is 24.1 Å². The summed E-state index contributed by atoms with van der Waals surface area (Å²) < 4.78 is 89.3. The predicted octanol–water partition coefficient (Wildman–Crippen LogP) is -4.69. The quantitative estimate of drug-likeness (QED) is 0.112. The van der Waals surface area contributed by atoms with Gasteiger partial charge in [-0.25, -0.2) is 16.8 Å². The van der Waals surface area contributed by atoms with Crippen molar-refractivity contribution in [3.05, 3.63) is 11.6 Å². The average molecular weight is 683 g/mol. The van der Waals surface area contributed by atoms with Crippen molar-refractivity contribution in [1.82, 2.24) is 0 Å². The minimum absolute atomic E-state index is 0. The Kier molecular flexibility index (Phi) is 12.6. The Morgan fingerprint density at radius 1 is 0.977 bits per heavy atom. The standard InChI is InChI=1S/C27H42O13S2.2Na/c1-13(28)17-5-6-18-16-12-21(38-25-23(30)22(29)24(14(2)37-25)40-42(34,35)36)20-11-15(39-41(31,32)33)7-9-27(20,4)19(16)8-10-26(17,18)3;;/h8,14-18,20-25,29-30H,5-7,9-12H2,1-4H3,(H,31,32,33)(H,34,35,36);;/q;2*+1/p-2/t14?,15?,16?,17?,18?,20?,21-,22?,23?,24?,25?,26?,27?;;/m0../s1. The van der Waals surface area contributed by atoms with Crippen molar-refractivity contribution >= 4 is 26.6 Å². The third-order valence-electron chi connectivity index (χ3n) is 11.0. The minimum atomic E-state index is -5.20. The Morgan fingerprint density at radius 3 is 2.20 bits per heavy atom. The Bertz CT molecular complexity index is 1330. The summed E-state index contributed by atoms with van der Waals surface area (Å²) in [5.74, 6) is -0.0307. The van der Waals surface area contributed by atoms with E-state index in [1.807, 2.05) is 0 Å². The molecule has 3 saturated carbocycles. The van der Waals surface area contributed by atoms with E-state index < -0.39 is 69.1 Å². The SMILES string of the molecule is CC(=O)C1CCC2C3C[C@H](OC4OC(C)C(OS(=O)(=O)[O-])C(O)C4O)C4CC(OS(=O)(=O)[O-])CCC4(C)C3=CCC12C.[Na+].[Na+]. The van der Waals surface area contributed by atoms with Gasteiger partial charge in [-0.05, 0) is 87.4 Å². The molecule has 0 spiro atoms. The van der Waals surface area contributed by atoms with Gasteiger partial charge in [-0.1, -0.05) is 25.5 Å². The van der Waals surface area contributed by atoms with E-state index in [0.717, 1.165) is 19.3 Å². The molecule has 4 aliphatic carbocycles. The molecule has 12 unspecified atom stereocenters. The zero-order valence-electron chi connectivity index (χ0n) is 26.1. The molecule has 1 aliphatic heterocycles. The van der Waals surface area contributed by atoms with Crippen LogP contribution in [0.4, 0.5) is 0 Å². The fourth-order valence-electron chi connectivity index (χ4n) is 9.14. The molecule has 5 rings (SSSR count). The molecular weight excluding hydrogens is 642 g/mol. The summed E-state index contributed by atoms with van der Waals surface area (Å²) >= 11 is 0. The molecule has 5 aliphatic rings. The minimum Gasteiger partial charge on any atom is -0.726 e. The van der Waals surface area contributed by atoms with Gasteiger partial charge in [-0.2, -0.15) is 0 Å². The number of carbonyl (C=O) groups is 1. The van der Waals surface area contributed by atoms with Crippen molar-refractivity contribution in [2.24, 2.45) is 34.5 Å². The first-order valence-electron chi connectivity index (χ1n) is 14.5. The third kappa shape index (κ3) is 7.58. The van der Waals surface area contributed by atoms with Crippen LogP contribution in [0.3, 0.4) is 0 Å². The first-order chi connectivity index (χ1) is 19.3. The molecule has 240 valence electrons. The van der Waals surface area contributed by atoms with Crippen molar-refractivity contribution in [3.63, 3.8) is 0 Å². The van der Waals surface area contributed by atoms with Gasteiger partial charge < -0.3 is 28.8 Å². The molecule has 13 nitrogen and oxygen atoms in total. The molecule has 44 heavy (non-hydrogen) atoms. The van der Waals surface area contributed by atoms with E-state index in [1.165, 1.54) is 12.5 Å². The molecule has 0 amide bonds. The molecule has 17 heteroatoms. The number of fused-ring (bicyclic) bond motifs is 5. The van der Waals surface area contributed by atoms with Crippen LogP contribution in [0.25, 0.3) is 0 Å². The zero-order chi connectivity index (χ0) is 31.0. The van der Waals surface area contributed by atoms with E-state index in [0.29, 0.717) is 19.3 Å². The summed E-state index contributed by atoms with van der Waals surface area (Å²) in [5, 5.41) is 21.5. The second-order valence-electron chi connectivity index (χ2n) is 13.3. The summed E-state index contributed by atoms with van der Waals surface area (Å²) in [6.45, 7) is 7.26. The number of aliphatic hydroxyl groups excluding tert-OH is 2. The van der Waals surface area contributed by atoms with Crippen LogP contribution < -0.4 is 59.1 Å². The maximum atomic E-state index is 12.6. The zero-order valence-corrected chi connectivity index (χ0v) is 31.7. The Balaban J connectivity index is 0.00000264. The number of carbonyl (C=O) groups excluding carboxylic acids is 1. The van der Waals surface area contributed by atoms with Crippen LogP contribution in [0.2, 0.25) is 0 Å². The summed E-state index contributed by atoms with van der Waals surface area (Å²) in [6, 6.07) is 0. The second-order valence-corrected chi connectivity index (χ2v) is 15.3. The first-order valence-corrected chi connectivity index (χ1v) is 17.2. The van der Waals surface area contributed by atoms with Crippen molar-refractivity contribution in [2.75, 3.05) is 0 Å². The van der Waals surface area contributed by atoms with Crippen LogP contribution in [0.1, 0.15) is 72.6 Å². The smallest absolute Gasteiger partial charge is 0.726 e. The average Bonchev–Trinajstić information content (AvgIpc) is 3.22. The molecule has 0 aromatic carbocycles. The van der Waals surface area contributed by atoms with Gasteiger partial charge in [0.2, 0.25) is 20.8 Å². The van der Waals surface area contributed by atoms with Crippen molar-refractivity contribution < 1.29 is 118 Å². The number of Topliss-reactive ketones (excluding diaryl/α,β-unsaturated/α-hetero) is 1. The topological polar surface area (TPSA) is 209 Å². The van der Waals surface area contributed by atoms with Gasteiger partial charge in [-0.3, -0.25) is 13.2 Å². The Labute approximate surface area is 303 Å². The van der Waals surface area contributed by atoms with Gasteiger partial charge in [0.15, 0.2) is 6.29 Å². The van der Waals surface area contributed by atoms with Gasteiger partial charge >= 0.3 is 59.1 Å². The third-order valence-corrected chi connectivity index (χ3v) is 12.0. The molecule has 13 atom stereocenters. The number of aliphatic hydroxyl groups is 2. The van der Waals surface area contributed by atoms with E-state index in [4.69, 9.17) is 13.7 Å². The maximum Gasteiger partial charge on any atom is 1.00 e. The van der Waals surface area contributed by atoms with Crippen LogP contribution >= 0.6 is 0 Å². The van der Waals surface area contributed by atoms with E-state index in [-0.39, 0.29) is 100 Å². The van der Waals surface area contributed by atoms with Crippen LogP contribution in [0.15, 0.2) is 11.6 Å². The molecule has 1 saturated heterocycles. The molecule has 0 aromatic rings. The summed E-state index contributed by atoms with van der Waals surface area (Å²) in [4.78, 5) is 12.6. The van der Waals surface area contributed by atoms with Crippen LogP contribution in [0, 0.1) is 34.5 Å². The largest absolute Gasteiger partial charge is 1.00 e. The van der Waals surface area contributed by atoms with Crippen molar-refractivity contribution in [2.45, 2.75) is 116 Å². The van der Waals surface area contributed by atoms with E-state index in [9.17, 15) is 40.9 Å². The van der Waals surface area contributed by atoms with E-state index in [1.54, 1.807) is 6.92 Å². The van der Waals surface area contributed by atoms with Crippen LogP contribution in [0.5, 0.6) is 0 Å². The van der Waals surface area contributed by atoms with Crippen LogP contribution in [-0.2, 0) is 43.4 Å². The van der Waals surface area contributed by atoms with Crippen LogP contribution in [-0.4, -0.2) is 84.9 Å². The Morgan fingerprint density at radius 2 is 1.61 bits per heavy atom. The van der Waals surface area contributed by atoms with Gasteiger partial charge in [0, 0.05) is 5.92 Å². The fourth-order valence-corrected chi connectivity index (χ4v) is 10.2. The molecule has 1 heterocycles. The van der Waals surface area contributed by atoms with E-state index >= 15 is 0 Å². The maximum absolute atomic E-state index is 12.6. The summed E-state index contributed by atoms with van der Waals surface area (Å²) in [5.41, 5.74) is 0.530. The second kappa shape index (κ2) is 14.1. The molecule has 0 bridgehead atoms. The molecular formula is C27H40Na2O13S2. The molecule has 0 radical (unpaired) electrons. The summed E-state index contributed by atoms with van der Waals surface area (Å²) in [7, 11) is -10.2. The number of ether oxygens (including phenoxy) is 2. The number of hydrogen-bond donors (Lipinski definition) is 2. The molecule has 4 fully saturated rings. The monoisotopic (exact) mass is 682 g/mol. The number of hydrogen-bond acceptors (Lipinski definition) is 13.